The molecule has 0 bridgehead atoms. The number of rotatable bonds is 10. The average molecular weight is 1140 g/mol. The van der Waals surface area contributed by atoms with Crippen molar-refractivity contribution in [2.75, 3.05) is 67.1 Å². The number of hydrogen-bond donors (Lipinski definition) is 7. The van der Waals surface area contributed by atoms with E-state index in [1.165, 1.54) is 12.8 Å². The summed E-state index contributed by atoms with van der Waals surface area (Å²) in [7, 11) is 0. The molecule has 2 aliphatic carbocycles. The molecule has 0 aromatic carbocycles. The van der Waals surface area contributed by atoms with E-state index in [2.05, 4.69) is 78.1 Å². The van der Waals surface area contributed by atoms with Crippen LogP contribution in [0.4, 0.5) is 43.8 Å². The number of halogens is 6. The number of nitrogens with one attached hydrogen (secondary N) is 5. The molecule has 5 fully saturated rings. The van der Waals surface area contributed by atoms with Gasteiger partial charge >= 0.3 is 0 Å². The number of H-pyrrole nitrogens is 3. The highest BCUT2D eigenvalue weighted by atomic mass is 19.2. The molecule has 14 rings (SSSR count). The molecule has 2 saturated carbocycles. The van der Waals surface area contributed by atoms with E-state index in [0.29, 0.717) is 96.0 Å². The zero-order valence-corrected chi connectivity index (χ0v) is 46.2. The van der Waals surface area contributed by atoms with Gasteiger partial charge in [-0.15, -0.1) is 0 Å². The maximum atomic E-state index is 14.7. The summed E-state index contributed by atoms with van der Waals surface area (Å²) in [6.07, 6.45) is 10.3. The number of anilines is 3. The zero-order chi connectivity index (χ0) is 58.0. The molecule has 0 radical (unpaired) electrons. The SMILES string of the molecule is CC(C)C(C)(O)C1CCCN(c2nc(-c3[nH]nc4ncccc34)c(F)cc2F)C1.CC1([C@H]2CN(c3nc(-c4[nH]nc5ncccc45)c(F)cc3F)CCN2)CC1.OC1([C@@H]2CN(c3nc(-c4[nH]nc5ncccc45)c(F)cc3F)CCN2)CC1. The van der Waals surface area contributed by atoms with Crippen molar-refractivity contribution >= 4 is 50.6 Å². The molecule has 2 unspecified atom stereocenters. The third-order valence-corrected chi connectivity index (χ3v) is 17.4. The van der Waals surface area contributed by atoms with Crippen LogP contribution in [-0.4, -0.2) is 146 Å². The summed E-state index contributed by atoms with van der Waals surface area (Å²) in [5.41, 5.74) is 1.25. The van der Waals surface area contributed by atoms with E-state index in [9.17, 15) is 36.6 Å². The molecule has 9 aromatic heterocycles. The van der Waals surface area contributed by atoms with Gasteiger partial charge in [0.15, 0.2) is 69.3 Å². The Kier molecular flexibility index (Phi) is 14.8. The van der Waals surface area contributed by atoms with Crippen molar-refractivity contribution in [1.82, 2.24) is 71.1 Å². The van der Waals surface area contributed by atoms with Crippen LogP contribution in [0.5, 0.6) is 0 Å². The van der Waals surface area contributed by atoms with Crippen molar-refractivity contribution in [3.05, 3.63) is 108 Å². The molecule has 3 aliphatic heterocycles. The summed E-state index contributed by atoms with van der Waals surface area (Å²) in [5.74, 6) is -3.91. The van der Waals surface area contributed by atoms with Gasteiger partial charge in [-0.2, -0.15) is 15.3 Å². The number of pyridine rings is 6. The molecule has 9 aromatic rings. The van der Waals surface area contributed by atoms with Crippen LogP contribution in [0.25, 0.3) is 67.3 Å². The number of aromatic amines is 3. The molecule has 0 spiro atoms. The first-order valence-electron chi connectivity index (χ1n) is 28.0. The molecular weight excluding hydrogens is 1080 g/mol. The van der Waals surface area contributed by atoms with Crippen LogP contribution in [-0.2, 0) is 0 Å². The summed E-state index contributed by atoms with van der Waals surface area (Å²) >= 11 is 0. The van der Waals surface area contributed by atoms with Gasteiger partial charge in [0.05, 0.1) is 34.3 Å². The molecule has 12 heterocycles. The van der Waals surface area contributed by atoms with E-state index >= 15 is 0 Å². The van der Waals surface area contributed by atoms with E-state index in [-0.39, 0.29) is 63.9 Å². The Labute approximate surface area is 472 Å². The number of fused-ring (bicyclic) bond motifs is 3. The van der Waals surface area contributed by atoms with Crippen LogP contribution < -0.4 is 25.3 Å². The number of aromatic nitrogens is 12. The van der Waals surface area contributed by atoms with Gasteiger partial charge in [-0.05, 0) is 93.2 Å². The van der Waals surface area contributed by atoms with E-state index in [1.54, 1.807) is 64.8 Å². The number of nitrogens with zero attached hydrogens (tertiary/aromatic N) is 12. The Morgan fingerprint density at radius 1 is 0.566 bits per heavy atom. The Bertz CT molecular complexity index is 3680. The second-order valence-corrected chi connectivity index (χ2v) is 23.1. The fraction of sp³-hybridized carbons (Fsp3) is 0.431. The fourth-order valence-corrected chi connectivity index (χ4v) is 11.5. The van der Waals surface area contributed by atoms with Crippen molar-refractivity contribution in [2.24, 2.45) is 17.3 Å². The Hall–Kier alpha value is -7.87. The number of aliphatic hydroxyl groups is 2. The van der Waals surface area contributed by atoms with Crippen LogP contribution >= 0.6 is 0 Å². The normalized spacial score (nSPS) is 20.9. The van der Waals surface area contributed by atoms with Crippen LogP contribution in [0, 0.1) is 52.2 Å². The number of piperazine rings is 2. The zero-order valence-electron chi connectivity index (χ0n) is 46.2. The summed E-state index contributed by atoms with van der Waals surface area (Å²) in [6, 6.07) is 13.3. The van der Waals surface area contributed by atoms with Crippen LogP contribution in [0.2, 0.25) is 0 Å². The second kappa shape index (κ2) is 22.0. The van der Waals surface area contributed by atoms with Crippen LogP contribution in [0.15, 0.2) is 73.2 Å². The van der Waals surface area contributed by atoms with Crippen LogP contribution in [0.3, 0.4) is 0 Å². The highest BCUT2D eigenvalue weighted by Gasteiger charge is 2.50. The Morgan fingerprint density at radius 3 is 1.36 bits per heavy atom. The number of hydrogen-bond acceptors (Lipinski definition) is 16. The maximum absolute atomic E-state index is 14.7. The lowest BCUT2D eigenvalue weighted by Crippen LogP contribution is -2.57. The van der Waals surface area contributed by atoms with Gasteiger partial charge in [0.1, 0.15) is 17.1 Å². The highest BCUT2D eigenvalue weighted by Crippen LogP contribution is 2.49. The molecule has 434 valence electrons. The lowest BCUT2D eigenvalue weighted by molar-refractivity contribution is -0.0463. The Morgan fingerprint density at radius 2 is 0.964 bits per heavy atom. The molecule has 3 saturated heterocycles. The topological polar surface area (TPSA) is 238 Å². The molecular formula is C58H63F6N17O2. The highest BCUT2D eigenvalue weighted by molar-refractivity contribution is 5.91. The smallest absolute Gasteiger partial charge is 0.181 e. The van der Waals surface area contributed by atoms with E-state index in [4.69, 9.17) is 0 Å². The third kappa shape index (κ3) is 10.9. The quantitative estimate of drug-likeness (QED) is 0.0637. The van der Waals surface area contributed by atoms with Gasteiger partial charge in [0.25, 0.3) is 0 Å². The minimum atomic E-state index is -0.872. The van der Waals surface area contributed by atoms with Gasteiger partial charge in [-0.1, -0.05) is 20.8 Å². The number of piperidine rings is 1. The van der Waals surface area contributed by atoms with Crippen molar-refractivity contribution in [3.63, 3.8) is 0 Å². The van der Waals surface area contributed by atoms with Gasteiger partial charge in [-0.25, -0.2) is 56.2 Å². The molecule has 5 aliphatic rings. The molecule has 83 heavy (non-hydrogen) atoms. The van der Waals surface area contributed by atoms with Gasteiger partial charge < -0.3 is 35.5 Å². The fourth-order valence-electron chi connectivity index (χ4n) is 11.5. The first kappa shape index (κ1) is 55.7. The molecule has 4 atom stereocenters. The van der Waals surface area contributed by atoms with E-state index in [1.807, 2.05) is 25.7 Å². The van der Waals surface area contributed by atoms with Crippen LogP contribution in [0.1, 0.15) is 66.2 Å². The van der Waals surface area contributed by atoms with Gasteiger partial charge in [0, 0.05) is 117 Å². The van der Waals surface area contributed by atoms with Crippen molar-refractivity contribution in [1.29, 1.82) is 0 Å². The third-order valence-electron chi connectivity index (χ3n) is 17.4. The Balaban J connectivity index is 0.000000123. The molecule has 7 N–H and O–H groups in total. The summed E-state index contributed by atoms with van der Waals surface area (Å²) in [5, 5.41) is 50.5. The maximum Gasteiger partial charge on any atom is 0.181 e. The largest absolute Gasteiger partial charge is 0.390 e. The van der Waals surface area contributed by atoms with Gasteiger partial charge in [0.2, 0.25) is 0 Å². The minimum Gasteiger partial charge on any atom is -0.390 e. The van der Waals surface area contributed by atoms with E-state index in [0.717, 1.165) is 50.4 Å². The summed E-state index contributed by atoms with van der Waals surface area (Å²) < 4.78 is 87.6. The first-order chi connectivity index (χ1) is 39.9. The predicted molar refractivity (Wildman–Crippen MR) is 301 cm³/mol. The van der Waals surface area contributed by atoms with Crippen molar-refractivity contribution in [3.8, 4) is 34.2 Å². The average Bonchev–Trinajstić information content (AvgIpc) is 4.46. The molecule has 0 amide bonds. The lowest BCUT2D eigenvalue weighted by Gasteiger charge is -2.43. The minimum absolute atomic E-state index is 0.00196. The van der Waals surface area contributed by atoms with Gasteiger partial charge in [-0.3, -0.25) is 15.3 Å². The molecule has 19 nitrogen and oxygen atoms in total. The summed E-state index contributed by atoms with van der Waals surface area (Å²) in [6.45, 7) is 12.7. The predicted octanol–water partition coefficient (Wildman–Crippen LogP) is 8.40. The van der Waals surface area contributed by atoms with Crippen molar-refractivity contribution < 1.29 is 36.6 Å². The molecule has 25 heteroatoms. The second-order valence-electron chi connectivity index (χ2n) is 23.1. The summed E-state index contributed by atoms with van der Waals surface area (Å²) in [4.78, 5) is 30.9. The lowest BCUT2D eigenvalue weighted by atomic mass is 9.76. The van der Waals surface area contributed by atoms with E-state index < -0.39 is 46.1 Å². The standard InChI is InChI=1S/C21H25F2N5O.C19H20F2N6.C18H18F2N6O/c1-12(2)21(3,29)13-6-5-9-28(11-13)20-16(23)10-15(22)18(25-20)17-14-7-4-8-24-19(14)27-26-17;1-19(4-5-19)14-10-27(8-7-22-14)18-13(21)9-12(20)16(24-18)15-11-3-2-6-23-17(11)26-25-15;19-11-8-12(20)17(26-7-6-21-13(9-26)18(27)3-4-18)23-15(11)14-10-2-1-5-22-16(10)25-24-14/h4,7-8,10,12-13,29H,5-6,9,11H2,1-3H3,(H,24,26,27);2-3,6,9,14,22H,4-5,7-8,10H2,1H3,(H,23,25,26);1-2,5,8,13,21,27H,3-4,6-7,9H2,(H,22,24,25)/t;14-;13-/m.10/s1. The first-order valence-corrected chi connectivity index (χ1v) is 28.0. The van der Waals surface area contributed by atoms with Crippen molar-refractivity contribution in [2.45, 2.75) is 89.5 Å². The monoisotopic (exact) mass is 1140 g/mol.